The van der Waals surface area contributed by atoms with Crippen LogP contribution < -0.4 is 15.4 Å². The summed E-state index contributed by atoms with van der Waals surface area (Å²) in [6.07, 6.45) is 1.01. The van der Waals surface area contributed by atoms with Gasteiger partial charge in [-0.25, -0.2) is 8.42 Å². The molecule has 1 heterocycles. The van der Waals surface area contributed by atoms with E-state index in [4.69, 9.17) is 0 Å². The predicted octanol–water partition coefficient (Wildman–Crippen LogP) is 1.18. The van der Waals surface area contributed by atoms with Crippen molar-refractivity contribution in [3.05, 3.63) is 29.8 Å². The first-order valence-corrected chi connectivity index (χ1v) is 9.19. The zero-order valence-electron chi connectivity index (χ0n) is 12.9. The van der Waals surface area contributed by atoms with Crippen LogP contribution in [0.25, 0.3) is 0 Å². The van der Waals surface area contributed by atoms with E-state index in [1.165, 1.54) is 0 Å². The molecule has 1 aromatic rings. The van der Waals surface area contributed by atoms with Crippen molar-refractivity contribution in [2.45, 2.75) is 26.3 Å². The lowest BCUT2D eigenvalue weighted by atomic mass is 9.94. The van der Waals surface area contributed by atoms with Gasteiger partial charge in [-0.2, -0.15) is 0 Å². The van der Waals surface area contributed by atoms with Gasteiger partial charge in [0.2, 0.25) is 10.0 Å². The Morgan fingerprint density at radius 2 is 2.09 bits per heavy atom. The van der Waals surface area contributed by atoms with Crippen LogP contribution in [0.3, 0.4) is 0 Å². The Balaban J connectivity index is 2.16. The van der Waals surface area contributed by atoms with Crippen LogP contribution >= 0.6 is 0 Å². The van der Waals surface area contributed by atoms with E-state index in [0.717, 1.165) is 19.5 Å². The highest BCUT2D eigenvalue weighted by Gasteiger charge is 2.24. The molecular formula is C15H23N3O3S. The number of benzene rings is 1. The fourth-order valence-corrected chi connectivity index (χ4v) is 3.10. The number of nitrogens with one attached hydrogen (secondary N) is 3. The smallest absolute Gasteiger partial charge is 0.253 e. The minimum absolute atomic E-state index is 0.0352. The second kappa shape index (κ2) is 7.11. The molecule has 1 amide bonds. The molecule has 1 aliphatic rings. The third-order valence-corrected chi connectivity index (χ3v) is 5.25. The van der Waals surface area contributed by atoms with Gasteiger partial charge >= 0.3 is 0 Å². The highest BCUT2D eigenvalue weighted by Crippen LogP contribution is 2.18. The second-order valence-corrected chi connectivity index (χ2v) is 7.61. The Morgan fingerprint density at radius 1 is 1.36 bits per heavy atom. The summed E-state index contributed by atoms with van der Waals surface area (Å²) < 4.78 is 25.9. The van der Waals surface area contributed by atoms with Gasteiger partial charge in [-0.15, -0.1) is 0 Å². The molecule has 1 aromatic carbocycles. The number of piperidine rings is 1. The maximum atomic E-state index is 12.5. The van der Waals surface area contributed by atoms with Crippen molar-refractivity contribution in [2.24, 2.45) is 5.92 Å². The van der Waals surface area contributed by atoms with Crippen LogP contribution in [-0.2, 0) is 10.0 Å². The molecule has 0 saturated carbocycles. The molecule has 0 radical (unpaired) electrons. The molecule has 1 aliphatic heterocycles. The number of rotatable bonds is 5. The van der Waals surface area contributed by atoms with Gasteiger partial charge in [-0.1, -0.05) is 19.1 Å². The van der Waals surface area contributed by atoms with Gasteiger partial charge < -0.3 is 10.6 Å². The van der Waals surface area contributed by atoms with Crippen molar-refractivity contribution < 1.29 is 13.2 Å². The molecule has 2 unspecified atom stereocenters. The van der Waals surface area contributed by atoms with Gasteiger partial charge in [0.05, 0.1) is 17.0 Å². The van der Waals surface area contributed by atoms with Crippen LogP contribution in [0.2, 0.25) is 0 Å². The average molecular weight is 325 g/mol. The molecule has 0 bridgehead atoms. The summed E-state index contributed by atoms with van der Waals surface area (Å²) >= 11 is 0. The second-order valence-electron chi connectivity index (χ2n) is 5.60. The maximum Gasteiger partial charge on any atom is 0.253 e. The fourth-order valence-electron chi connectivity index (χ4n) is 2.44. The van der Waals surface area contributed by atoms with E-state index in [-0.39, 0.29) is 17.7 Å². The summed E-state index contributed by atoms with van der Waals surface area (Å²) in [5.41, 5.74) is 0.663. The summed E-state index contributed by atoms with van der Waals surface area (Å²) in [7, 11) is -3.41. The topological polar surface area (TPSA) is 87.3 Å². The Hall–Kier alpha value is -1.60. The molecule has 2 atom stereocenters. The Kier molecular flexibility index (Phi) is 5.42. The predicted molar refractivity (Wildman–Crippen MR) is 87.4 cm³/mol. The first kappa shape index (κ1) is 16.8. The van der Waals surface area contributed by atoms with Crippen LogP contribution in [0.4, 0.5) is 5.69 Å². The quantitative estimate of drug-likeness (QED) is 0.758. The van der Waals surface area contributed by atoms with Crippen LogP contribution in [0.1, 0.15) is 30.6 Å². The Bertz CT molecular complexity index is 631. The molecule has 122 valence electrons. The minimum atomic E-state index is -3.41. The van der Waals surface area contributed by atoms with Gasteiger partial charge in [-0.3, -0.25) is 9.52 Å². The first-order chi connectivity index (χ1) is 10.4. The van der Waals surface area contributed by atoms with Crippen LogP contribution in [0.5, 0.6) is 0 Å². The van der Waals surface area contributed by atoms with Crippen molar-refractivity contribution in [3.8, 4) is 0 Å². The summed E-state index contributed by atoms with van der Waals surface area (Å²) in [5.74, 6) is 0.103. The zero-order valence-corrected chi connectivity index (χ0v) is 13.7. The first-order valence-electron chi connectivity index (χ1n) is 7.54. The summed E-state index contributed by atoms with van der Waals surface area (Å²) in [6, 6.07) is 6.71. The van der Waals surface area contributed by atoms with Gasteiger partial charge in [-0.05, 0) is 37.9 Å². The molecule has 22 heavy (non-hydrogen) atoms. The lowest BCUT2D eigenvalue weighted by Gasteiger charge is -2.30. The van der Waals surface area contributed by atoms with E-state index in [0.29, 0.717) is 17.2 Å². The van der Waals surface area contributed by atoms with Crippen molar-refractivity contribution in [3.63, 3.8) is 0 Å². The SMILES string of the molecule is CCS(=O)(=O)Nc1ccccc1C(=O)NC1CNCCC1C. The fraction of sp³-hybridized carbons (Fsp3) is 0.533. The summed E-state index contributed by atoms with van der Waals surface area (Å²) in [4.78, 5) is 12.5. The van der Waals surface area contributed by atoms with E-state index >= 15 is 0 Å². The number of hydrogen-bond donors (Lipinski definition) is 3. The average Bonchev–Trinajstić information content (AvgIpc) is 2.50. The van der Waals surface area contributed by atoms with Gasteiger partial charge in [0, 0.05) is 12.6 Å². The molecule has 0 aliphatic carbocycles. The largest absolute Gasteiger partial charge is 0.348 e. The maximum absolute atomic E-state index is 12.5. The van der Waals surface area contributed by atoms with E-state index in [1.807, 2.05) is 0 Å². The molecule has 6 nitrogen and oxygen atoms in total. The normalized spacial score (nSPS) is 22.1. The number of carbonyl (C=O) groups is 1. The third-order valence-electron chi connectivity index (χ3n) is 3.96. The number of anilines is 1. The van der Waals surface area contributed by atoms with Crippen molar-refractivity contribution in [1.29, 1.82) is 0 Å². The molecule has 2 rings (SSSR count). The third kappa shape index (κ3) is 4.20. The highest BCUT2D eigenvalue weighted by atomic mass is 32.2. The van der Waals surface area contributed by atoms with Crippen LogP contribution in [-0.4, -0.2) is 39.2 Å². The van der Waals surface area contributed by atoms with Crippen molar-refractivity contribution in [2.75, 3.05) is 23.6 Å². The lowest BCUT2D eigenvalue weighted by molar-refractivity contribution is 0.0916. The number of sulfonamides is 1. The molecule has 7 heteroatoms. The highest BCUT2D eigenvalue weighted by molar-refractivity contribution is 7.92. The van der Waals surface area contributed by atoms with Crippen LogP contribution in [0.15, 0.2) is 24.3 Å². The van der Waals surface area contributed by atoms with E-state index in [2.05, 4.69) is 22.3 Å². The lowest BCUT2D eigenvalue weighted by Crippen LogP contribution is -2.50. The minimum Gasteiger partial charge on any atom is -0.348 e. The van der Waals surface area contributed by atoms with E-state index < -0.39 is 10.0 Å². The standard InChI is InChI=1S/C15H23N3O3S/c1-3-22(20,21)18-13-7-5-4-6-12(13)15(19)17-14-10-16-9-8-11(14)2/h4-7,11,14,16,18H,3,8-10H2,1-2H3,(H,17,19). The van der Waals surface area contributed by atoms with Gasteiger partial charge in [0.25, 0.3) is 5.91 Å². The molecule has 0 spiro atoms. The summed E-state index contributed by atoms with van der Waals surface area (Å²) in [6.45, 7) is 5.36. The number of para-hydroxylation sites is 1. The van der Waals surface area contributed by atoms with Crippen molar-refractivity contribution >= 4 is 21.6 Å². The molecule has 0 aromatic heterocycles. The van der Waals surface area contributed by atoms with E-state index in [9.17, 15) is 13.2 Å². The van der Waals surface area contributed by atoms with Crippen LogP contribution in [0, 0.1) is 5.92 Å². The Morgan fingerprint density at radius 3 is 2.77 bits per heavy atom. The number of amides is 1. The van der Waals surface area contributed by atoms with Crippen molar-refractivity contribution in [1.82, 2.24) is 10.6 Å². The molecule has 1 saturated heterocycles. The van der Waals surface area contributed by atoms with E-state index in [1.54, 1.807) is 31.2 Å². The summed E-state index contributed by atoms with van der Waals surface area (Å²) in [5, 5.41) is 6.25. The zero-order chi connectivity index (χ0) is 16.2. The Labute approximate surface area is 131 Å². The number of carbonyl (C=O) groups excluding carboxylic acids is 1. The number of hydrogen-bond acceptors (Lipinski definition) is 4. The van der Waals surface area contributed by atoms with Gasteiger partial charge in [0.1, 0.15) is 0 Å². The molecular weight excluding hydrogens is 302 g/mol. The molecule has 1 fully saturated rings. The monoisotopic (exact) mass is 325 g/mol. The van der Waals surface area contributed by atoms with Gasteiger partial charge in [0.15, 0.2) is 0 Å². The molecule has 3 N–H and O–H groups in total.